The zero-order chi connectivity index (χ0) is 21.3. The molecule has 0 saturated heterocycles. The number of anilines is 1. The predicted octanol–water partition coefficient (Wildman–Crippen LogP) is 4.86. The van der Waals surface area contributed by atoms with Crippen LogP contribution in [0.5, 0.6) is 5.75 Å². The van der Waals surface area contributed by atoms with E-state index in [1.807, 2.05) is 44.2 Å². The van der Waals surface area contributed by atoms with E-state index in [1.54, 1.807) is 12.5 Å². The Morgan fingerprint density at radius 2 is 1.73 bits per heavy atom. The number of hydrazone groups is 1. The summed E-state index contributed by atoms with van der Waals surface area (Å²) in [5.41, 5.74) is 10.0. The molecule has 152 valence electrons. The highest BCUT2D eigenvalue weighted by Gasteiger charge is 2.16. The summed E-state index contributed by atoms with van der Waals surface area (Å²) in [6, 6.07) is 14.2. The SMILES string of the molecule is Cc1cc(C=NNc2ncnc3c2c(C)c(C)n3Cc2ccccc2)cc(C)c1O. The molecule has 4 rings (SSSR count). The molecule has 0 atom stereocenters. The molecular formula is C24H25N5O. The fourth-order valence-corrected chi connectivity index (χ4v) is 3.74. The second-order valence-electron chi connectivity index (χ2n) is 7.58. The van der Waals surface area contributed by atoms with E-state index >= 15 is 0 Å². The van der Waals surface area contributed by atoms with Gasteiger partial charge in [-0.1, -0.05) is 30.3 Å². The molecule has 0 aliphatic rings. The maximum atomic E-state index is 9.94. The number of rotatable bonds is 5. The molecule has 6 heteroatoms. The number of aromatic hydroxyl groups is 1. The van der Waals surface area contributed by atoms with Crippen LogP contribution >= 0.6 is 0 Å². The highest BCUT2D eigenvalue weighted by atomic mass is 16.3. The van der Waals surface area contributed by atoms with Crippen LogP contribution in [-0.2, 0) is 6.54 Å². The maximum Gasteiger partial charge on any atom is 0.159 e. The number of aromatic nitrogens is 3. The van der Waals surface area contributed by atoms with E-state index < -0.39 is 0 Å². The van der Waals surface area contributed by atoms with Crippen molar-refractivity contribution in [2.75, 3.05) is 5.43 Å². The first kappa shape index (κ1) is 19.6. The third-order valence-electron chi connectivity index (χ3n) is 5.49. The first-order valence-corrected chi connectivity index (χ1v) is 9.89. The van der Waals surface area contributed by atoms with Gasteiger partial charge in [-0.3, -0.25) is 5.43 Å². The van der Waals surface area contributed by atoms with E-state index in [2.05, 4.69) is 51.0 Å². The van der Waals surface area contributed by atoms with Crippen molar-refractivity contribution in [1.82, 2.24) is 14.5 Å². The van der Waals surface area contributed by atoms with Crippen molar-refractivity contribution < 1.29 is 5.11 Å². The molecule has 2 aromatic carbocycles. The number of fused-ring (bicyclic) bond motifs is 1. The van der Waals surface area contributed by atoms with Crippen LogP contribution in [-0.4, -0.2) is 25.9 Å². The van der Waals surface area contributed by atoms with Gasteiger partial charge in [0, 0.05) is 12.2 Å². The molecule has 0 saturated carbocycles. The average Bonchev–Trinajstić information content (AvgIpc) is 2.98. The minimum Gasteiger partial charge on any atom is -0.507 e. The minimum atomic E-state index is 0.323. The topological polar surface area (TPSA) is 75.3 Å². The summed E-state index contributed by atoms with van der Waals surface area (Å²) < 4.78 is 2.21. The number of nitrogens with one attached hydrogen (secondary N) is 1. The molecule has 30 heavy (non-hydrogen) atoms. The molecule has 4 aromatic rings. The maximum absolute atomic E-state index is 9.94. The smallest absolute Gasteiger partial charge is 0.159 e. The van der Waals surface area contributed by atoms with Gasteiger partial charge in [-0.15, -0.1) is 0 Å². The monoisotopic (exact) mass is 399 g/mol. The van der Waals surface area contributed by atoms with E-state index in [-0.39, 0.29) is 0 Å². The van der Waals surface area contributed by atoms with Crippen molar-refractivity contribution in [2.45, 2.75) is 34.2 Å². The van der Waals surface area contributed by atoms with Gasteiger partial charge in [0.2, 0.25) is 0 Å². The molecule has 2 aromatic heterocycles. The van der Waals surface area contributed by atoms with E-state index in [0.717, 1.165) is 45.5 Å². The lowest BCUT2D eigenvalue weighted by molar-refractivity contribution is 0.467. The molecule has 0 fully saturated rings. The Labute approximate surface area is 175 Å². The van der Waals surface area contributed by atoms with Gasteiger partial charge >= 0.3 is 0 Å². The number of nitrogens with zero attached hydrogens (tertiary/aromatic N) is 4. The van der Waals surface area contributed by atoms with Crippen molar-refractivity contribution >= 4 is 23.1 Å². The van der Waals surface area contributed by atoms with Crippen LogP contribution in [0.15, 0.2) is 53.9 Å². The normalized spacial score (nSPS) is 11.5. The molecule has 0 aliphatic heterocycles. The van der Waals surface area contributed by atoms with Crippen LogP contribution < -0.4 is 5.43 Å². The standard InChI is InChI=1S/C24H25N5O/c1-15-10-20(11-16(2)22(15)30)12-27-28-23-21-17(3)18(4)29(24(21)26-14-25-23)13-19-8-6-5-7-9-19/h5-12,14,30H,13H2,1-4H3,(H,25,26,28). The molecule has 0 unspecified atom stereocenters. The first-order chi connectivity index (χ1) is 14.5. The highest BCUT2D eigenvalue weighted by Crippen LogP contribution is 2.29. The molecule has 2 N–H and O–H groups in total. The second-order valence-corrected chi connectivity index (χ2v) is 7.58. The zero-order valence-electron chi connectivity index (χ0n) is 17.6. The lowest BCUT2D eigenvalue weighted by Crippen LogP contribution is -2.03. The van der Waals surface area contributed by atoms with Crippen molar-refractivity contribution in [3.63, 3.8) is 0 Å². The lowest BCUT2D eigenvalue weighted by Gasteiger charge is -2.08. The fourth-order valence-electron chi connectivity index (χ4n) is 3.74. The summed E-state index contributed by atoms with van der Waals surface area (Å²) in [6.45, 7) is 8.70. The van der Waals surface area contributed by atoms with E-state index in [0.29, 0.717) is 11.6 Å². The Hall–Kier alpha value is -3.67. The Morgan fingerprint density at radius 1 is 1.03 bits per heavy atom. The summed E-state index contributed by atoms with van der Waals surface area (Å²) in [4.78, 5) is 8.97. The Bertz CT molecular complexity index is 1220. The number of aryl methyl sites for hydroxylation is 3. The van der Waals surface area contributed by atoms with Crippen LogP contribution in [0.25, 0.3) is 11.0 Å². The first-order valence-electron chi connectivity index (χ1n) is 9.89. The average molecular weight is 399 g/mol. The number of hydrogen-bond acceptors (Lipinski definition) is 5. The van der Waals surface area contributed by atoms with Gasteiger partial charge in [0.1, 0.15) is 17.7 Å². The predicted molar refractivity (Wildman–Crippen MR) is 121 cm³/mol. The van der Waals surface area contributed by atoms with Gasteiger partial charge < -0.3 is 9.67 Å². The summed E-state index contributed by atoms with van der Waals surface area (Å²) >= 11 is 0. The summed E-state index contributed by atoms with van der Waals surface area (Å²) in [5.74, 6) is 0.999. The van der Waals surface area contributed by atoms with Crippen LogP contribution in [0.4, 0.5) is 5.82 Å². The molecule has 0 amide bonds. The third-order valence-corrected chi connectivity index (χ3v) is 5.49. The van der Waals surface area contributed by atoms with Crippen molar-refractivity contribution in [3.8, 4) is 5.75 Å². The highest BCUT2D eigenvalue weighted by molar-refractivity contribution is 5.92. The minimum absolute atomic E-state index is 0.323. The van der Waals surface area contributed by atoms with Crippen LogP contribution in [0.3, 0.4) is 0 Å². The zero-order valence-corrected chi connectivity index (χ0v) is 17.6. The number of benzene rings is 2. The van der Waals surface area contributed by atoms with E-state index in [4.69, 9.17) is 0 Å². The summed E-state index contributed by atoms with van der Waals surface area (Å²) in [6.07, 6.45) is 3.30. The van der Waals surface area contributed by atoms with Crippen molar-refractivity contribution in [3.05, 3.63) is 82.3 Å². The van der Waals surface area contributed by atoms with Gasteiger partial charge in [-0.2, -0.15) is 5.10 Å². The lowest BCUT2D eigenvalue weighted by atomic mass is 10.1. The van der Waals surface area contributed by atoms with Crippen LogP contribution in [0, 0.1) is 27.7 Å². The number of hydrogen-bond donors (Lipinski definition) is 2. The molecule has 0 bridgehead atoms. The molecule has 0 radical (unpaired) electrons. The Kier molecular flexibility index (Phi) is 5.23. The summed E-state index contributed by atoms with van der Waals surface area (Å²) in [5, 5.41) is 15.3. The third kappa shape index (κ3) is 3.64. The van der Waals surface area contributed by atoms with Crippen LogP contribution in [0.1, 0.15) is 33.5 Å². The number of phenols is 1. The quantitative estimate of drug-likeness (QED) is 0.371. The number of phenolic OH excluding ortho intramolecular Hbond substituents is 1. The van der Waals surface area contributed by atoms with Gasteiger partial charge in [0.05, 0.1) is 11.6 Å². The van der Waals surface area contributed by atoms with Crippen LogP contribution in [0.2, 0.25) is 0 Å². The molecule has 6 nitrogen and oxygen atoms in total. The van der Waals surface area contributed by atoms with Gasteiger partial charge in [-0.05, 0) is 67.6 Å². The fraction of sp³-hybridized carbons (Fsp3) is 0.208. The Morgan fingerprint density at radius 3 is 2.43 bits per heavy atom. The van der Waals surface area contributed by atoms with Gasteiger partial charge in [-0.25, -0.2) is 9.97 Å². The summed E-state index contributed by atoms with van der Waals surface area (Å²) in [7, 11) is 0. The van der Waals surface area contributed by atoms with E-state index in [9.17, 15) is 5.11 Å². The van der Waals surface area contributed by atoms with Gasteiger partial charge in [0.15, 0.2) is 5.82 Å². The molecule has 0 spiro atoms. The Balaban J connectivity index is 1.66. The largest absolute Gasteiger partial charge is 0.507 e. The van der Waals surface area contributed by atoms with Crippen molar-refractivity contribution in [2.24, 2.45) is 5.10 Å². The molecule has 2 heterocycles. The molecular weight excluding hydrogens is 374 g/mol. The second kappa shape index (κ2) is 7.99. The van der Waals surface area contributed by atoms with Gasteiger partial charge in [0.25, 0.3) is 0 Å². The molecule has 0 aliphatic carbocycles. The van der Waals surface area contributed by atoms with Crippen molar-refractivity contribution in [1.29, 1.82) is 0 Å². The van der Waals surface area contributed by atoms with E-state index in [1.165, 1.54) is 5.56 Å².